The van der Waals surface area contributed by atoms with Gasteiger partial charge in [-0.15, -0.1) is 0 Å². The van der Waals surface area contributed by atoms with Crippen LogP contribution in [0.4, 0.5) is 0 Å². The molecule has 382 valence electrons. The second-order valence-corrected chi connectivity index (χ2v) is 20.6. The van der Waals surface area contributed by atoms with Gasteiger partial charge in [-0.05, 0) is 120 Å². The summed E-state index contributed by atoms with van der Waals surface area (Å²) in [7, 11) is 2.93. The molecule has 0 aromatic heterocycles. The number of carbonyl (C=O) groups is 2. The van der Waals surface area contributed by atoms with Crippen LogP contribution in [0.3, 0.4) is 0 Å². The van der Waals surface area contributed by atoms with Crippen LogP contribution in [0, 0.1) is 0 Å². The number of unbranched alkanes of at least 4 members (excludes halogenated alkanes) is 1. The molecule has 2 amide bonds. The van der Waals surface area contributed by atoms with E-state index < -0.39 is 120 Å². The van der Waals surface area contributed by atoms with Gasteiger partial charge in [0, 0.05) is 28.1 Å². The average molecular weight is 945 g/mol. The third-order valence-corrected chi connectivity index (χ3v) is 13.7. The molecule has 0 aromatic carbocycles. The van der Waals surface area contributed by atoms with E-state index in [2.05, 4.69) is 36.6 Å². The molecule has 4 rings (SSSR count). The third kappa shape index (κ3) is 15.2. The smallest absolute Gasteiger partial charge is 0.217 e. The van der Waals surface area contributed by atoms with Gasteiger partial charge in [-0.25, -0.2) is 0 Å². The van der Waals surface area contributed by atoms with E-state index in [1.165, 1.54) is 28.1 Å². The summed E-state index contributed by atoms with van der Waals surface area (Å²) in [4.78, 5) is 24.4. The van der Waals surface area contributed by atoms with Crippen molar-refractivity contribution in [1.82, 2.24) is 10.6 Å². The lowest BCUT2D eigenvalue weighted by atomic mass is 9.81. The van der Waals surface area contributed by atoms with Gasteiger partial charge in [-0.2, -0.15) is 0 Å². The van der Waals surface area contributed by atoms with Crippen molar-refractivity contribution in [1.29, 1.82) is 0 Å². The summed E-state index contributed by atoms with van der Waals surface area (Å²) in [5, 5.41) is 70.9. The van der Waals surface area contributed by atoms with Gasteiger partial charge in [-0.1, -0.05) is 23.3 Å². The lowest BCUT2D eigenvalue weighted by Crippen LogP contribution is -2.67. The number of aliphatic hydroxyl groups excluding tert-OH is 4. The number of amides is 2. The van der Waals surface area contributed by atoms with Gasteiger partial charge in [0.2, 0.25) is 11.8 Å². The number of methoxy groups -OCH3 is 2. The molecule has 16 atom stereocenters. The maximum Gasteiger partial charge on any atom is 0.217 e. The van der Waals surface area contributed by atoms with Crippen molar-refractivity contribution < 1.29 is 78.1 Å². The highest BCUT2D eigenvalue weighted by molar-refractivity contribution is 5.73. The SMILES string of the molecule is COC[C@H]1O[C@H](O[C@]2(C)CC[C@@H](C(C)(C)O)O[C@H]2CC/C(C)=C/CC/C=C(\C)CC[C@@H]2O[C@H](C(C)(C)O)CC[C@@]2(C)O[C@H]2O[C@H](COC)[C@@H](O)[C@H](O)[C@H]2NC(C)=O)[C@H](NC(C)=O)[C@@H](O)[C@@H]1O. The first-order chi connectivity index (χ1) is 30.7. The number of hydrogen-bond donors (Lipinski definition) is 8. The average Bonchev–Trinajstić information content (AvgIpc) is 3.21. The molecule has 4 aliphatic heterocycles. The van der Waals surface area contributed by atoms with Crippen LogP contribution >= 0.6 is 0 Å². The van der Waals surface area contributed by atoms with Crippen molar-refractivity contribution in [2.45, 2.75) is 242 Å². The lowest BCUT2D eigenvalue weighted by Gasteiger charge is -2.51. The molecule has 4 saturated heterocycles. The minimum atomic E-state index is -1.37. The standard InChI is InChI=1S/C48H84N2O16/c1-27(17-19-35-47(9,23-21-33(63-35)45(5,6)57)65-43-37(49-29(3)51)41(55)39(53)31(61-43)25-59-11)15-13-14-16-28(2)18-20-36-48(10,24-22-34(64-36)46(7,8)58)66-44-38(50-30(4)52)42(56)40(54)32(62-44)26-60-12/h15-16,31-44,53-58H,13-14,17-26H2,1-12H3,(H,49,51)(H,50,52)/b27-15+,28-16+/t31-,32-,33+,34+,35+,36+,37-,38-,39-,40-,41-,42-,43-,44-,47-,48-/m1/s1. The first kappa shape index (κ1) is 56.4. The van der Waals surface area contributed by atoms with Crippen molar-refractivity contribution in [3.8, 4) is 0 Å². The van der Waals surface area contributed by atoms with Crippen LogP contribution in [0.2, 0.25) is 0 Å². The molecule has 0 spiro atoms. The normalized spacial score (nSPS) is 38.5. The van der Waals surface area contributed by atoms with Crippen molar-refractivity contribution in [2.24, 2.45) is 0 Å². The van der Waals surface area contributed by atoms with E-state index >= 15 is 0 Å². The number of carbonyl (C=O) groups excluding carboxylic acids is 2. The van der Waals surface area contributed by atoms with E-state index in [0.29, 0.717) is 51.4 Å². The predicted molar refractivity (Wildman–Crippen MR) is 243 cm³/mol. The van der Waals surface area contributed by atoms with Gasteiger partial charge in [0.05, 0.1) is 60.0 Å². The Bertz CT molecular complexity index is 1500. The second kappa shape index (κ2) is 24.1. The fraction of sp³-hybridized carbons (Fsp3) is 0.875. The monoisotopic (exact) mass is 945 g/mol. The predicted octanol–water partition coefficient (Wildman–Crippen LogP) is 2.60. The molecule has 4 aliphatic rings. The minimum absolute atomic E-state index is 0.00236. The van der Waals surface area contributed by atoms with Crippen molar-refractivity contribution in [2.75, 3.05) is 27.4 Å². The van der Waals surface area contributed by atoms with Gasteiger partial charge >= 0.3 is 0 Å². The Labute approximate surface area is 392 Å². The zero-order valence-corrected chi connectivity index (χ0v) is 41.5. The molecule has 0 aromatic rings. The molecule has 66 heavy (non-hydrogen) atoms. The number of rotatable bonds is 21. The van der Waals surface area contributed by atoms with Crippen molar-refractivity contribution >= 4 is 11.8 Å². The molecule has 0 radical (unpaired) electrons. The first-order valence-electron chi connectivity index (χ1n) is 23.7. The summed E-state index contributed by atoms with van der Waals surface area (Å²) in [6.07, 6.45) is -0.856. The summed E-state index contributed by atoms with van der Waals surface area (Å²) >= 11 is 0. The Balaban J connectivity index is 1.42. The molecule has 8 N–H and O–H groups in total. The Kier molecular flexibility index (Phi) is 20.6. The summed E-state index contributed by atoms with van der Waals surface area (Å²) in [5.41, 5.74) is -1.79. The summed E-state index contributed by atoms with van der Waals surface area (Å²) in [5.74, 6) is -0.832. The molecule has 0 bridgehead atoms. The minimum Gasteiger partial charge on any atom is -0.388 e. The molecular formula is C48H84N2O16. The highest BCUT2D eigenvalue weighted by Gasteiger charge is 2.54. The maximum absolute atomic E-state index is 12.2. The fourth-order valence-electron chi connectivity index (χ4n) is 9.59. The van der Waals surface area contributed by atoms with Crippen LogP contribution < -0.4 is 10.6 Å². The van der Waals surface area contributed by atoms with E-state index in [4.69, 9.17) is 37.9 Å². The number of ether oxygens (including phenoxy) is 8. The van der Waals surface area contributed by atoms with E-state index in [-0.39, 0.29) is 13.2 Å². The number of nitrogens with one attached hydrogen (secondary N) is 2. The Morgan fingerprint density at radius 2 is 0.970 bits per heavy atom. The van der Waals surface area contributed by atoms with Gasteiger partial charge < -0.3 is 79.2 Å². The third-order valence-electron chi connectivity index (χ3n) is 13.7. The highest BCUT2D eigenvalue weighted by Crippen LogP contribution is 2.42. The van der Waals surface area contributed by atoms with Crippen LogP contribution in [-0.2, 0) is 47.5 Å². The van der Waals surface area contributed by atoms with Crippen LogP contribution in [-0.4, -0.2) is 178 Å². The van der Waals surface area contributed by atoms with Gasteiger partial charge in [-0.3, -0.25) is 9.59 Å². The van der Waals surface area contributed by atoms with E-state index in [1.54, 1.807) is 27.7 Å². The second-order valence-electron chi connectivity index (χ2n) is 20.6. The zero-order chi connectivity index (χ0) is 49.4. The largest absolute Gasteiger partial charge is 0.388 e. The van der Waals surface area contributed by atoms with Gasteiger partial charge in [0.1, 0.15) is 48.7 Å². The van der Waals surface area contributed by atoms with E-state index in [0.717, 1.165) is 24.0 Å². The topological polar surface area (TPSA) is 253 Å². The molecule has 18 heteroatoms. The van der Waals surface area contributed by atoms with Gasteiger partial charge in [0.15, 0.2) is 12.6 Å². The lowest BCUT2D eigenvalue weighted by molar-refractivity contribution is -0.327. The fourth-order valence-corrected chi connectivity index (χ4v) is 9.59. The molecule has 0 unspecified atom stereocenters. The number of aliphatic hydroxyl groups is 6. The van der Waals surface area contributed by atoms with E-state index in [1.807, 2.05) is 13.8 Å². The maximum atomic E-state index is 12.2. The molecule has 18 nitrogen and oxygen atoms in total. The quantitative estimate of drug-likeness (QED) is 0.0608. The zero-order valence-electron chi connectivity index (χ0n) is 41.5. The molecule has 0 aliphatic carbocycles. The molecule has 0 saturated carbocycles. The Morgan fingerprint density at radius 1 is 0.621 bits per heavy atom. The van der Waals surface area contributed by atoms with Crippen LogP contribution in [0.1, 0.15) is 133 Å². The summed E-state index contributed by atoms with van der Waals surface area (Å²) < 4.78 is 49.2. The molecule has 4 heterocycles. The van der Waals surface area contributed by atoms with Gasteiger partial charge in [0.25, 0.3) is 0 Å². The first-order valence-corrected chi connectivity index (χ1v) is 23.7. The van der Waals surface area contributed by atoms with Crippen LogP contribution in [0.25, 0.3) is 0 Å². The summed E-state index contributed by atoms with van der Waals surface area (Å²) in [6.45, 7) is 17.5. The number of allylic oxidation sites excluding steroid dienone is 4. The highest BCUT2D eigenvalue weighted by atomic mass is 16.7. The van der Waals surface area contributed by atoms with Crippen LogP contribution in [0.5, 0.6) is 0 Å². The van der Waals surface area contributed by atoms with Crippen molar-refractivity contribution in [3.63, 3.8) is 0 Å². The van der Waals surface area contributed by atoms with E-state index in [9.17, 15) is 40.2 Å². The summed E-state index contributed by atoms with van der Waals surface area (Å²) in [6, 6.07) is -2.10. The molecule has 4 fully saturated rings. The number of hydrogen-bond acceptors (Lipinski definition) is 16. The Hall–Kier alpha value is -2.14. The van der Waals surface area contributed by atoms with Crippen molar-refractivity contribution in [3.05, 3.63) is 23.3 Å². The van der Waals surface area contributed by atoms with Crippen LogP contribution in [0.15, 0.2) is 23.3 Å². The Morgan fingerprint density at radius 3 is 1.27 bits per heavy atom. The molecular weight excluding hydrogens is 861 g/mol.